The van der Waals surface area contributed by atoms with Gasteiger partial charge in [0.2, 0.25) is 17.9 Å². The summed E-state index contributed by atoms with van der Waals surface area (Å²) >= 11 is 0. The van der Waals surface area contributed by atoms with E-state index in [4.69, 9.17) is 14.2 Å². The molecule has 2 heterocycles. The summed E-state index contributed by atoms with van der Waals surface area (Å²) in [5.74, 6) is 0.260. The molecule has 0 saturated heterocycles. The Morgan fingerprint density at radius 3 is 2.89 bits per heavy atom. The fourth-order valence-corrected chi connectivity index (χ4v) is 1.85. The van der Waals surface area contributed by atoms with Gasteiger partial charge in [-0.2, -0.15) is 5.10 Å². The zero-order valence-electron chi connectivity index (χ0n) is 10.1. The second-order valence-corrected chi connectivity index (χ2v) is 3.87. The summed E-state index contributed by atoms with van der Waals surface area (Å²) in [6.07, 6.45) is 0. The van der Waals surface area contributed by atoms with Gasteiger partial charge in [-0.3, -0.25) is 9.89 Å². The molecule has 1 aliphatic rings. The van der Waals surface area contributed by atoms with Crippen molar-refractivity contribution in [2.45, 2.75) is 6.92 Å². The number of H-pyrrole nitrogens is 1. The minimum absolute atomic E-state index is 0.109. The van der Waals surface area contributed by atoms with Crippen LogP contribution in [0.2, 0.25) is 0 Å². The van der Waals surface area contributed by atoms with Crippen LogP contribution >= 0.6 is 0 Å². The molecule has 7 nitrogen and oxygen atoms in total. The molecule has 0 atom stereocenters. The Balaban J connectivity index is 2.19. The molecule has 0 fully saturated rings. The van der Waals surface area contributed by atoms with Gasteiger partial charge in [-0.05, 0) is 13.0 Å². The van der Waals surface area contributed by atoms with Gasteiger partial charge in [-0.25, -0.2) is 4.79 Å². The summed E-state index contributed by atoms with van der Waals surface area (Å²) < 4.78 is 15.2. The minimum Gasteiger partial charge on any atom is -0.461 e. The highest BCUT2D eigenvalue weighted by atomic mass is 16.7. The van der Waals surface area contributed by atoms with Gasteiger partial charge in [0.25, 0.3) is 0 Å². The van der Waals surface area contributed by atoms with Crippen LogP contribution in [0.1, 0.15) is 17.4 Å². The van der Waals surface area contributed by atoms with Crippen LogP contribution < -0.4 is 14.9 Å². The Hall–Kier alpha value is -2.57. The van der Waals surface area contributed by atoms with Gasteiger partial charge in [0.05, 0.1) is 17.5 Å². The number of fused-ring (bicyclic) bond motifs is 2. The fourth-order valence-electron chi connectivity index (χ4n) is 1.85. The van der Waals surface area contributed by atoms with Gasteiger partial charge >= 0.3 is 5.97 Å². The van der Waals surface area contributed by atoms with Crippen LogP contribution in [-0.2, 0) is 4.74 Å². The fraction of sp³-hybridized carbons (Fsp3) is 0.250. The first-order valence-corrected chi connectivity index (χ1v) is 5.70. The highest BCUT2D eigenvalue weighted by Gasteiger charge is 2.20. The smallest absolute Gasteiger partial charge is 0.362 e. The molecule has 1 aromatic carbocycles. The van der Waals surface area contributed by atoms with E-state index in [0.29, 0.717) is 22.4 Å². The van der Waals surface area contributed by atoms with Crippen molar-refractivity contribution in [2.75, 3.05) is 13.4 Å². The van der Waals surface area contributed by atoms with Crippen LogP contribution in [0, 0.1) is 0 Å². The maximum Gasteiger partial charge on any atom is 0.362 e. The zero-order chi connectivity index (χ0) is 13.4. The van der Waals surface area contributed by atoms with E-state index in [-0.39, 0.29) is 19.1 Å². The lowest BCUT2D eigenvalue weighted by atomic mass is 10.2. The molecule has 98 valence electrons. The molecule has 1 aliphatic heterocycles. The number of hydrogen-bond donors (Lipinski definition) is 1. The van der Waals surface area contributed by atoms with Crippen molar-refractivity contribution in [3.63, 3.8) is 0 Å². The molecule has 19 heavy (non-hydrogen) atoms. The van der Waals surface area contributed by atoms with E-state index in [9.17, 15) is 9.59 Å². The predicted octanol–water partition coefficient (Wildman–Crippen LogP) is 0.829. The topological polar surface area (TPSA) is 90.5 Å². The molecular weight excluding hydrogens is 252 g/mol. The number of carbonyl (C=O) groups excluding carboxylic acids is 1. The molecule has 0 spiro atoms. The van der Waals surface area contributed by atoms with Crippen molar-refractivity contribution in [2.24, 2.45) is 0 Å². The Kier molecular flexibility index (Phi) is 2.59. The average Bonchev–Trinajstić information content (AvgIpc) is 2.84. The molecule has 0 unspecified atom stereocenters. The second-order valence-electron chi connectivity index (χ2n) is 3.87. The third-order valence-electron chi connectivity index (χ3n) is 2.73. The number of aromatic nitrogens is 2. The lowest BCUT2D eigenvalue weighted by Gasteiger charge is -2.03. The summed E-state index contributed by atoms with van der Waals surface area (Å²) in [5, 5.41) is 6.69. The molecule has 3 rings (SSSR count). The van der Waals surface area contributed by atoms with Crippen LogP contribution in [-0.4, -0.2) is 29.6 Å². The number of nitrogens with one attached hydrogen (secondary N) is 1. The van der Waals surface area contributed by atoms with Crippen LogP contribution in [0.15, 0.2) is 16.9 Å². The van der Waals surface area contributed by atoms with E-state index >= 15 is 0 Å². The van der Waals surface area contributed by atoms with E-state index < -0.39 is 11.4 Å². The highest BCUT2D eigenvalue weighted by molar-refractivity contribution is 5.92. The Labute approximate surface area is 107 Å². The Bertz CT molecular complexity index is 722. The average molecular weight is 262 g/mol. The quantitative estimate of drug-likeness (QED) is 0.806. The van der Waals surface area contributed by atoms with Gasteiger partial charge in [0, 0.05) is 6.07 Å². The number of rotatable bonds is 2. The summed E-state index contributed by atoms with van der Waals surface area (Å²) in [6, 6.07) is 3.14. The summed E-state index contributed by atoms with van der Waals surface area (Å²) in [5.41, 5.74) is -0.291. The van der Waals surface area contributed by atoms with E-state index in [2.05, 4.69) is 10.2 Å². The van der Waals surface area contributed by atoms with E-state index in [1.807, 2.05) is 0 Å². The van der Waals surface area contributed by atoms with Crippen molar-refractivity contribution in [3.8, 4) is 11.5 Å². The third-order valence-corrected chi connectivity index (χ3v) is 2.73. The van der Waals surface area contributed by atoms with Crippen molar-refractivity contribution < 1.29 is 19.0 Å². The van der Waals surface area contributed by atoms with Gasteiger partial charge in [-0.15, -0.1) is 0 Å². The van der Waals surface area contributed by atoms with E-state index in [0.717, 1.165) is 0 Å². The molecule has 2 aromatic rings. The standard InChI is InChI=1S/C12H10N2O5/c1-2-17-12(16)10-11(15)6-3-8-9(19-5-18-8)4-7(6)13-14-10/h3-4H,2,5H2,1H3,(H,13,15). The summed E-state index contributed by atoms with van der Waals surface area (Å²) in [7, 11) is 0. The van der Waals surface area contributed by atoms with Crippen molar-refractivity contribution >= 4 is 16.9 Å². The number of carbonyl (C=O) groups is 1. The lowest BCUT2D eigenvalue weighted by Crippen LogP contribution is -2.20. The monoisotopic (exact) mass is 262 g/mol. The summed E-state index contributed by atoms with van der Waals surface area (Å²) in [4.78, 5) is 23.7. The Morgan fingerprint density at radius 2 is 2.16 bits per heavy atom. The summed E-state index contributed by atoms with van der Waals surface area (Å²) in [6.45, 7) is 1.95. The number of esters is 1. The second kappa shape index (κ2) is 4.27. The van der Waals surface area contributed by atoms with Crippen LogP contribution in [0.25, 0.3) is 10.9 Å². The number of ether oxygens (including phenoxy) is 3. The SMILES string of the molecule is CCOC(=O)c1n[nH]c2cc3c(cc2c1=O)OCO3. The normalized spacial score (nSPS) is 12.7. The Morgan fingerprint density at radius 1 is 1.42 bits per heavy atom. The van der Waals surface area contributed by atoms with Crippen LogP contribution in [0.5, 0.6) is 11.5 Å². The number of hydrogen-bond acceptors (Lipinski definition) is 6. The maximum atomic E-state index is 12.2. The molecule has 0 amide bonds. The molecule has 1 N–H and O–H groups in total. The first kappa shape index (κ1) is 11.5. The van der Waals surface area contributed by atoms with E-state index in [1.54, 1.807) is 13.0 Å². The maximum absolute atomic E-state index is 12.2. The van der Waals surface area contributed by atoms with Gasteiger partial charge < -0.3 is 14.2 Å². The number of benzene rings is 1. The highest BCUT2D eigenvalue weighted by Crippen LogP contribution is 2.34. The molecule has 0 saturated carbocycles. The third kappa shape index (κ3) is 1.79. The predicted molar refractivity (Wildman–Crippen MR) is 64.4 cm³/mol. The molecule has 0 radical (unpaired) electrons. The largest absolute Gasteiger partial charge is 0.461 e. The van der Waals surface area contributed by atoms with Crippen LogP contribution in [0.3, 0.4) is 0 Å². The molecule has 0 bridgehead atoms. The van der Waals surface area contributed by atoms with Crippen molar-refractivity contribution in [3.05, 3.63) is 28.0 Å². The van der Waals surface area contributed by atoms with Gasteiger partial charge in [0.1, 0.15) is 0 Å². The zero-order valence-corrected chi connectivity index (χ0v) is 10.1. The van der Waals surface area contributed by atoms with Crippen molar-refractivity contribution in [1.82, 2.24) is 10.2 Å². The first-order chi connectivity index (χ1) is 9.20. The van der Waals surface area contributed by atoms with Crippen molar-refractivity contribution in [1.29, 1.82) is 0 Å². The molecule has 0 aliphatic carbocycles. The molecular formula is C12H10N2O5. The number of aromatic amines is 1. The molecule has 7 heteroatoms. The van der Waals surface area contributed by atoms with Gasteiger partial charge in [0.15, 0.2) is 11.5 Å². The first-order valence-electron chi connectivity index (χ1n) is 5.70. The molecule has 1 aromatic heterocycles. The van der Waals surface area contributed by atoms with E-state index in [1.165, 1.54) is 6.07 Å². The lowest BCUT2D eigenvalue weighted by molar-refractivity contribution is 0.0517. The minimum atomic E-state index is -0.747. The van der Waals surface area contributed by atoms with Gasteiger partial charge in [-0.1, -0.05) is 0 Å². The number of nitrogens with zero attached hydrogens (tertiary/aromatic N) is 1. The van der Waals surface area contributed by atoms with Crippen LogP contribution in [0.4, 0.5) is 0 Å².